The number of carbonyl (C=O) groups is 3. The lowest BCUT2D eigenvalue weighted by Gasteiger charge is -2.18. The van der Waals surface area contributed by atoms with Crippen LogP contribution in [-0.4, -0.2) is 29.4 Å². The van der Waals surface area contributed by atoms with Crippen LogP contribution in [0.25, 0.3) is 0 Å². The molecule has 0 saturated heterocycles. The SMILES string of the molecule is O=C(COC(=O)[C@@H](NC(=O)c1ccccc1)c1ccccc1)Nc1ccccn1. The molecule has 0 fully saturated rings. The lowest BCUT2D eigenvalue weighted by Crippen LogP contribution is -2.36. The highest BCUT2D eigenvalue weighted by Gasteiger charge is 2.25. The van der Waals surface area contributed by atoms with Crippen LogP contribution in [0.5, 0.6) is 0 Å². The van der Waals surface area contributed by atoms with Gasteiger partial charge in [0, 0.05) is 11.8 Å². The number of ether oxygens (including phenoxy) is 1. The summed E-state index contributed by atoms with van der Waals surface area (Å²) in [5, 5.41) is 5.19. The van der Waals surface area contributed by atoms with Gasteiger partial charge >= 0.3 is 5.97 Å². The van der Waals surface area contributed by atoms with Crippen LogP contribution in [0.4, 0.5) is 5.82 Å². The molecule has 0 bridgehead atoms. The van der Waals surface area contributed by atoms with E-state index < -0.39 is 30.4 Å². The fraction of sp³-hybridized carbons (Fsp3) is 0.0909. The van der Waals surface area contributed by atoms with Gasteiger partial charge in [0.25, 0.3) is 11.8 Å². The van der Waals surface area contributed by atoms with Crippen molar-refractivity contribution in [1.82, 2.24) is 10.3 Å². The molecule has 0 radical (unpaired) electrons. The van der Waals surface area contributed by atoms with Crippen molar-refractivity contribution in [2.24, 2.45) is 0 Å². The summed E-state index contributed by atoms with van der Waals surface area (Å²) in [5.74, 6) is -1.34. The minimum atomic E-state index is -1.05. The van der Waals surface area contributed by atoms with E-state index >= 15 is 0 Å². The van der Waals surface area contributed by atoms with Gasteiger partial charge in [-0.2, -0.15) is 0 Å². The number of amides is 2. The number of nitrogens with zero attached hydrogens (tertiary/aromatic N) is 1. The van der Waals surface area contributed by atoms with Gasteiger partial charge < -0.3 is 15.4 Å². The lowest BCUT2D eigenvalue weighted by atomic mass is 10.1. The Bertz CT molecular complexity index is 963. The Morgan fingerprint density at radius 1 is 0.862 bits per heavy atom. The second-order valence-electron chi connectivity index (χ2n) is 6.05. The number of carbonyl (C=O) groups excluding carboxylic acids is 3. The number of hydrogen-bond acceptors (Lipinski definition) is 5. The van der Waals surface area contributed by atoms with Gasteiger partial charge in [-0.1, -0.05) is 54.6 Å². The third-order valence-electron chi connectivity index (χ3n) is 3.96. The first-order chi connectivity index (χ1) is 14.1. The summed E-state index contributed by atoms with van der Waals surface area (Å²) in [6.07, 6.45) is 1.53. The zero-order valence-corrected chi connectivity index (χ0v) is 15.4. The van der Waals surface area contributed by atoms with Crippen LogP contribution in [0.2, 0.25) is 0 Å². The van der Waals surface area contributed by atoms with Gasteiger partial charge in [0.05, 0.1) is 0 Å². The number of anilines is 1. The molecule has 3 rings (SSSR count). The van der Waals surface area contributed by atoms with E-state index in [9.17, 15) is 14.4 Å². The maximum absolute atomic E-state index is 12.6. The maximum Gasteiger partial charge on any atom is 0.333 e. The molecule has 2 amide bonds. The van der Waals surface area contributed by atoms with E-state index in [0.717, 1.165) is 0 Å². The smallest absolute Gasteiger partial charge is 0.333 e. The normalized spacial score (nSPS) is 11.2. The molecule has 2 N–H and O–H groups in total. The number of nitrogens with one attached hydrogen (secondary N) is 2. The molecule has 29 heavy (non-hydrogen) atoms. The third kappa shape index (κ3) is 5.74. The molecule has 1 atom stereocenters. The summed E-state index contributed by atoms with van der Waals surface area (Å²) < 4.78 is 5.14. The fourth-order valence-electron chi connectivity index (χ4n) is 2.56. The Kier molecular flexibility index (Phi) is 6.67. The molecule has 7 nitrogen and oxygen atoms in total. The minimum Gasteiger partial charge on any atom is -0.454 e. The van der Waals surface area contributed by atoms with Gasteiger partial charge in [-0.25, -0.2) is 9.78 Å². The highest BCUT2D eigenvalue weighted by molar-refractivity contribution is 5.97. The molecule has 0 aliphatic heterocycles. The highest BCUT2D eigenvalue weighted by Crippen LogP contribution is 2.16. The van der Waals surface area contributed by atoms with Crippen LogP contribution in [0.3, 0.4) is 0 Å². The molecule has 7 heteroatoms. The fourth-order valence-corrected chi connectivity index (χ4v) is 2.56. The topological polar surface area (TPSA) is 97.4 Å². The Balaban J connectivity index is 1.66. The number of rotatable bonds is 7. The van der Waals surface area contributed by atoms with Crippen LogP contribution >= 0.6 is 0 Å². The molecule has 0 unspecified atom stereocenters. The standard InChI is InChI=1S/C22H19N3O4/c26-19(24-18-13-7-8-14-23-18)15-29-22(28)20(16-9-3-1-4-10-16)25-21(27)17-11-5-2-6-12-17/h1-14,20H,15H2,(H,25,27)(H,23,24,26)/t20-/m0/s1. The van der Waals surface area contributed by atoms with Crippen molar-refractivity contribution >= 4 is 23.6 Å². The van der Waals surface area contributed by atoms with Crippen molar-refractivity contribution in [3.05, 3.63) is 96.2 Å². The summed E-state index contributed by atoms with van der Waals surface area (Å²) in [7, 11) is 0. The Morgan fingerprint density at radius 3 is 2.17 bits per heavy atom. The predicted molar refractivity (Wildman–Crippen MR) is 107 cm³/mol. The summed E-state index contributed by atoms with van der Waals surface area (Å²) >= 11 is 0. The first-order valence-electron chi connectivity index (χ1n) is 8.92. The molecule has 0 aliphatic rings. The van der Waals surface area contributed by atoms with E-state index in [1.54, 1.807) is 78.9 Å². The molecule has 0 saturated carbocycles. The highest BCUT2D eigenvalue weighted by atomic mass is 16.5. The van der Waals surface area contributed by atoms with E-state index in [1.165, 1.54) is 6.20 Å². The zero-order chi connectivity index (χ0) is 20.5. The minimum absolute atomic E-state index is 0.352. The number of aromatic nitrogens is 1. The predicted octanol–water partition coefficient (Wildman–Crippen LogP) is 2.73. The summed E-state index contributed by atoms with van der Waals surface area (Å²) in [6, 6.07) is 21.2. The van der Waals surface area contributed by atoms with E-state index in [2.05, 4.69) is 15.6 Å². The van der Waals surface area contributed by atoms with E-state index in [0.29, 0.717) is 16.9 Å². The van der Waals surface area contributed by atoms with Gasteiger partial charge in [-0.3, -0.25) is 9.59 Å². The average molecular weight is 389 g/mol. The van der Waals surface area contributed by atoms with Crippen molar-refractivity contribution in [2.45, 2.75) is 6.04 Å². The molecule has 1 aromatic heterocycles. The first kappa shape index (κ1) is 19.8. The van der Waals surface area contributed by atoms with Crippen LogP contribution in [0.1, 0.15) is 22.0 Å². The van der Waals surface area contributed by atoms with E-state index in [1.807, 2.05) is 0 Å². The van der Waals surface area contributed by atoms with Crippen LogP contribution in [-0.2, 0) is 14.3 Å². The van der Waals surface area contributed by atoms with Crippen molar-refractivity contribution in [3.63, 3.8) is 0 Å². The van der Waals surface area contributed by atoms with E-state index in [4.69, 9.17) is 4.74 Å². The second-order valence-corrected chi connectivity index (χ2v) is 6.05. The molecule has 0 spiro atoms. The van der Waals surface area contributed by atoms with Crippen LogP contribution in [0, 0.1) is 0 Å². The molecule has 3 aromatic rings. The van der Waals surface area contributed by atoms with Gasteiger partial charge in [0.2, 0.25) is 0 Å². The number of pyridine rings is 1. The van der Waals surface area contributed by atoms with Gasteiger partial charge in [-0.05, 0) is 29.8 Å². The monoisotopic (exact) mass is 389 g/mol. The quantitative estimate of drug-likeness (QED) is 0.606. The van der Waals surface area contributed by atoms with Crippen molar-refractivity contribution in [2.75, 3.05) is 11.9 Å². The number of hydrogen-bond donors (Lipinski definition) is 2. The number of benzene rings is 2. The van der Waals surface area contributed by atoms with Crippen molar-refractivity contribution in [1.29, 1.82) is 0 Å². The molecular formula is C22H19N3O4. The van der Waals surface area contributed by atoms with E-state index in [-0.39, 0.29) is 0 Å². The number of esters is 1. The Hall–Kier alpha value is -4.00. The average Bonchev–Trinajstić information content (AvgIpc) is 2.77. The molecule has 146 valence electrons. The largest absolute Gasteiger partial charge is 0.454 e. The zero-order valence-electron chi connectivity index (χ0n) is 15.4. The summed E-state index contributed by atoms with van der Waals surface area (Å²) in [6.45, 7) is -0.500. The van der Waals surface area contributed by atoms with Gasteiger partial charge in [-0.15, -0.1) is 0 Å². The lowest BCUT2D eigenvalue weighted by molar-refractivity contribution is -0.149. The second kappa shape index (κ2) is 9.80. The van der Waals surface area contributed by atoms with Crippen molar-refractivity contribution in [3.8, 4) is 0 Å². The molecule has 0 aliphatic carbocycles. The maximum atomic E-state index is 12.6. The summed E-state index contributed by atoms with van der Waals surface area (Å²) in [5.41, 5.74) is 0.959. The molecular weight excluding hydrogens is 370 g/mol. The van der Waals surface area contributed by atoms with Crippen molar-refractivity contribution < 1.29 is 19.1 Å². The van der Waals surface area contributed by atoms with Gasteiger partial charge in [0.15, 0.2) is 12.6 Å². The summed E-state index contributed by atoms with van der Waals surface area (Å²) in [4.78, 5) is 41.1. The molecule has 2 aromatic carbocycles. The third-order valence-corrected chi connectivity index (χ3v) is 3.96. The Morgan fingerprint density at radius 2 is 1.52 bits per heavy atom. The first-order valence-corrected chi connectivity index (χ1v) is 8.92. The Labute approximate surface area is 167 Å². The van der Waals surface area contributed by atoms with Crippen LogP contribution < -0.4 is 10.6 Å². The molecule has 1 heterocycles. The van der Waals surface area contributed by atoms with Crippen LogP contribution in [0.15, 0.2) is 85.1 Å². The van der Waals surface area contributed by atoms with Gasteiger partial charge in [0.1, 0.15) is 5.82 Å².